The van der Waals surface area contributed by atoms with Crippen LogP contribution in [0.2, 0.25) is 0 Å². The molecule has 0 aliphatic rings. The van der Waals surface area contributed by atoms with E-state index in [2.05, 4.69) is 4.74 Å². The average molecular weight is 266 g/mol. The smallest absolute Gasteiger partial charge is 0.315 e. The van der Waals surface area contributed by atoms with Crippen LogP contribution >= 0.6 is 0 Å². The van der Waals surface area contributed by atoms with Gasteiger partial charge in [0.2, 0.25) is 0 Å². The van der Waals surface area contributed by atoms with E-state index in [9.17, 15) is 9.59 Å². The number of ether oxygens (including phenoxy) is 3. The normalized spacial score (nSPS) is 11.6. The molecule has 0 saturated carbocycles. The number of ketones is 1. The molecule has 0 saturated heterocycles. The van der Waals surface area contributed by atoms with Crippen LogP contribution in [0.25, 0.3) is 0 Å². The molecule has 1 unspecified atom stereocenters. The Bertz CT molecular complexity index is 467. The number of methoxy groups -OCH3 is 3. The van der Waals surface area contributed by atoms with Gasteiger partial charge in [0.15, 0.2) is 17.3 Å². The van der Waals surface area contributed by atoms with Crippen LogP contribution in [0.1, 0.15) is 12.5 Å². The highest BCUT2D eigenvalue weighted by Gasteiger charge is 2.22. The molecule has 0 spiro atoms. The predicted molar refractivity (Wildman–Crippen MR) is 69.4 cm³/mol. The fourth-order valence-corrected chi connectivity index (χ4v) is 1.65. The van der Waals surface area contributed by atoms with Crippen LogP contribution < -0.4 is 9.47 Å². The van der Waals surface area contributed by atoms with Gasteiger partial charge in [-0.1, -0.05) is 6.07 Å². The molecule has 0 bridgehead atoms. The topological polar surface area (TPSA) is 61.8 Å². The summed E-state index contributed by atoms with van der Waals surface area (Å²) in [7, 11) is 4.34. The highest BCUT2D eigenvalue weighted by molar-refractivity contribution is 5.99. The Kier molecular flexibility index (Phi) is 5.36. The molecule has 1 rings (SSSR count). The van der Waals surface area contributed by atoms with Gasteiger partial charge in [-0.3, -0.25) is 9.59 Å². The van der Waals surface area contributed by atoms with Crippen molar-refractivity contribution in [3.63, 3.8) is 0 Å². The number of rotatable bonds is 6. The Hall–Kier alpha value is -2.04. The molecule has 0 aromatic heterocycles. The van der Waals surface area contributed by atoms with E-state index in [-0.39, 0.29) is 12.2 Å². The lowest BCUT2D eigenvalue weighted by atomic mass is 9.99. The number of benzene rings is 1. The predicted octanol–water partition coefficient (Wildman–Crippen LogP) is 1.62. The fourth-order valence-electron chi connectivity index (χ4n) is 1.65. The Morgan fingerprint density at radius 1 is 1.11 bits per heavy atom. The summed E-state index contributed by atoms with van der Waals surface area (Å²) in [6, 6.07) is 5.22. The number of hydrogen-bond donors (Lipinski definition) is 0. The van der Waals surface area contributed by atoms with Crippen molar-refractivity contribution in [2.24, 2.45) is 5.92 Å². The lowest BCUT2D eigenvalue weighted by molar-refractivity contribution is -0.148. The minimum Gasteiger partial charge on any atom is -0.493 e. The van der Waals surface area contributed by atoms with Gasteiger partial charge in [-0.25, -0.2) is 0 Å². The van der Waals surface area contributed by atoms with E-state index >= 15 is 0 Å². The van der Waals surface area contributed by atoms with E-state index in [1.807, 2.05) is 0 Å². The van der Waals surface area contributed by atoms with Crippen molar-refractivity contribution in [2.45, 2.75) is 13.3 Å². The summed E-state index contributed by atoms with van der Waals surface area (Å²) in [5, 5.41) is 0. The van der Waals surface area contributed by atoms with Crippen LogP contribution in [0, 0.1) is 5.92 Å². The molecule has 104 valence electrons. The number of carbonyl (C=O) groups excluding carboxylic acids is 2. The molecule has 0 N–H and O–H groups in total. The molecule has 0 heterocycles. The van der Waals surface area contributed by atoms with Crippen LogP contribution in [-0.2, 0) is 20.7 Å². The molecule has 0 amide bonds. The SMILES string of the molecule is COC(=O)C(C)C(=O)Cc1ccc(OC)c(OC)c1. The van der Waals surface area contributed by atoms with Gasteiger partial charge in [0.1, 0.15) is 5.92 Å². The molecular formula is C14H18O5. The van der Waals surface area contributed by atoms with E-state index < -0.39 is 11.9 Å². The van der Waals surface area contributed by atoms with E-state index in [4.69, 9.17) is 9.47 Å². The zero-order valence-corrected chi connectivity index (χ0v) is 11.6. The van der Waals surface area contributed by atoms with E-state index in [0.717, 1.165) is 5.56 Å². The van der Waals surface area contributed by atoms with Crippen molar-refractivity contribution in [1.82, 2.24) is 0 Å². The average Bonchev–Trinajstić information content (AvgIpc) is 2.45. The Labute approximate surface area is 112 Å². The molecule has 1 atom stereocenters. The quantitative estimate of drug-likeness (QED) is 0.578. The maximum atomic E-state index is 11.9. The van der Waals surface area contributed by atoms with Gasteiger partial charge in [-0.05, 0) is 24.6 Å². The Morgan fingerprint density at radius 2 is 1.74 bits per heavy atom. The molecule has 1 aromatic rings. The first-order chi connectivity index (χ1) is 9.03. The van der Waals surface area contributed by atoms with Gasteiger partial charge in [-0.2, -0.15) is 0 Å². The van der Waals surface area contributed by atoms with Crippen molar-refractivity contribution >= 4 is 11.8 Å². The van der Waals surface area contributed by atoms with E-state index in [1.54, 1.807) is 25.3 Å². The summed E-state index contributed by atoms with van der Waals surface area (Å²) in [5.41, 5.74) is 0.762. The Balaban J connectivity index is 2.82. The molecule has 5 heteroatoms. The van der Waals surface area contributed by atoms with Gasteiger partial charge >= 0.3 is 5.97 Å². The van der Waals surface area contributed by atoms with Gasteiger partial charge < -0.3 is 14.2 Å². The van der Waals surface area contributed by atoms with Crippen molar-refractivity contribution < 1.29 is 23.8 Å². The van der Waals surface area contributed by atoms with E-state index in [1.165, 1.54) is 21.1 Å². The third-order valence-electron chi connectivity index (χ3n) is 2.86. The summed E-state index contributed by atoms with van der Waals surface area (Å²) < 4.78 is 14.8. The molecule has 0 aliphatic carbocycles. The lowest BCUT2D eigenvalue weighted by Crippen LogP contribution is -2.23. The summed E-state index contributed by atoms with van der Waals surface area (Å²) in [6.45, 7) is 1.54. The molecule has 0 aliphatic heterocycles. The zero-order valence-electron chi connectivity index (χ0n) is 11.6. The molecule has 5 nitrogen and oxygen atoms in total. The van der Waals surface area contributed by atoms with Crippen molar-refractivity contribution in [3.05, 3.63) is 23.8 Å². The first-order valence-electron chi connectivity index (χ1n) is 5.85. The van der Waals surface area contributed by atoms with Gasteiger partial charge in [0, 0.05) is 6.42 Å². The lowest BCUT2D eigenvalue weighted by Gasteiger charge is -2.11. The number of esters is 1. The summed E-state index contributed by atoms with van der Waals surface area (Å²) >= 11 is 0. The number of carbonyl (C=O) groups is 2. The van der Waals surface area contributed by atoms with E-state index in [0.29, 0.717) is 11.5 Å². The van der Waals surface area contributed by atoms with Crippen LogP contribution in [-0.4, -0.2) is 33.1 Å². The summed E-state index contributed by atoms with van der Waals surface area (Å²) in [6.07, 6.45) is 0.149. The van der Waals surface area contributed by atoms with Gasteiger partial charge in [0.25, 0.3) is 0 Å². The molecule has 19 heavy (non-hydrogen) atoms. The fraction of sp³-hybridized carbons (Fsp3) is 0.429. The first kappa shape index (κ1) is 15.0. The van der Waals surface area contributed by atoms with Crippen LogP contribution in [0.15, 0.2) is 18.2 Å². The third-order valence-corrected chi connectivity index (χ3v) is 2.86. The summed E-state index contributed by atoms with van der Waals surface area (Å²) in [4.78, 5) is 23.2. The molecular weight excluding hydrogens is 248 g/mol. The monoisotopic (exact) mass is 266 g/mol. The van der Waals surface area contributed by atoms with Crippen molar-refractivity contribution in [2.75, 3.05) is 21.3 Å². The highest BCUT2D eigenvalue weighted by atomic mass is 16.5. The minimum atomic E-state index is -0.766. The number of Topliss-reactive ketones (excluding diaryl/α,β-unsaturated/α-hetero) is 1. The number of hydrogen-bond acceptors (Lipinski definition) is 5. The molecule has 0 radical (unpaired) electrons. The second-order valence-corrected chi connectivity index (χ2v) is 4.08. The van der Waals surface area contributed by atoms with Crippen LogP contribution in [0.4, 0.5) is 0 Å². The van der Waals surface area contributed by atoms with Crippen molar-refractivity contribution in [3.8, 4) is 11.5 Å². The van der Waals surface area contributed by atoms with Crippen molar-refractivity contribution in [1.29, 1.82) is 0 Å². The molecule has 1 aromatic carbocycles. The maximum absolute atomic E-state index is 11.9. The first-order valence-corrected chi connectivity index (χ1v) is 5.85. The summed E-state index contributed by atoms with van der Waals surface area (Å²) in [5.74, 6) is -0.333. The van der Waals surface area contributed by atoms with Crippen LogP contribution in [0.5, 0.6) is 11.5 Å². The second kappa shape index (κ2) is 6.78. The Morgan fingerprint density at radius 3 is 2.26 bits per heavy atom. The van der Waals surface area contributed by atoms with Crippen LogP contribution in [0.3, 0.4) is 0 Å². The second-order valence-electron chi connectivity index (χ2n) is 4.08. The molecule has 0 fully saturated rings. The maximum Gasteiger partial charge on any atom is 0.315 e. The highest BCUT2D eigenvalue weighted by Crippen LogP contribution is 2.28. The zero-order chi connectivity index (χ0) is 14.4. The minimum absolute atomic E-state index is 0.149. The van der Waals surface area contributed by atoms with Gasteiger partial charge in [-0.15, -0.1) is 0 Å². The largest absolute Gasteiger partial charge is 0.493 e. The third kappa shape index (κ3) is 3.71. The van der Waals surface area contributed by atoms with Gasteiger partial charge in [0.05, 0.1) is 21.3 Å². The standard InChI is InChI=1S/C14H18O5/c1-9(14(16)19-4)11(15)7-10-5-6-12(17-2)13(8-10)18-3/h5-6,8-9H,7H2,1-4H3.